The number of nitrogens with one attached hydrogen (secondary N) is 1. The van der Waals surface area contributed by atoms with Crippen LogP contribution in [0, 0.1) is 13.8 Å². The highest BCUT2D eigenvalue weighted by molar-refractivity contribution is 5.43. The van der Waals surface area contributed by atoms with Crippen LogP contribution in [0.15, 0.2) is 42.6 Å². The largest absolute Gasteiger partial charge is 0.491 e. The van der Waals surface area contributed by atoms with Crippen LogP contribution in [-0.2, 0) is 0 Å². The number of ether oxygens (including phenoxy) is 1. The summed E-state index contributed by atoms with van der Waals surface area (Å²) in [6.45, 7) is 6.81. The first-order chi connectivity index (χ1) is 9.15. The van der Waals surface area contributed by atoms with Crippen LogP contribution in [0.2, 0.25) is 0 Å². The highest BCUT2D eigenvalue weighted by Gasteiger charge is 2.05. The third kappa shape index (κ3) is 3.98. The van der Waals surface area contributed by atoms with E-state index in [2.05, 4.69) is 36.3 Å². The number of hydrogen-bond acceptors (Lipinski definition) is 3. The average molecular weight is 256 g/mol. The zero-order valence-electron chi connectivity index (χ0n) is 11.7. The number of hydrogen-bond donors (Lipinski definition) is 1. The minimum absolute atomic E-state index is 0.204. The van der Waals surface area contributed by atoms with E-state index in [1.165, 1.54) is 5.56 Å². The Bertz CT molecular complexity index is 523. The van der Waals surface area contributed by atoms with Crippen molar-refractivity contribution in [3.8, 4) is 5.75 Å². The van der Waals surface area contributed by atoms with Crippen molar-refractivity contribution in [1.82, 2.24) is 4.98 Å². The van der Waals surface area contributed by atoms with Gasteiger partial charge in [0.2, 0.25) is 0 Å². The molecule has 0 radical (unpaired) electrons. The van der Waals surface area contributed by atoms with E-state index in [1.54, 1.807) is 6.20 Å². The molecule has 2 aromatic rings. The molecular formula is C16H20N2O. The van der Waals surface area contributed by atoms with Gasteiger partial charge in [-0.05, 0) is 44.5 Å². The summed E-state index contributed by atoms with van der Waals surface area (Å²) < 4.78 is 5.74. The molecule has 0 bridgehead atoms. The molecule has 19 heavy (non-hydrogen) atoms. The molecule has 0 aliphatic heterocycles. The van der Waals surface area contributed by atoms with Crippen LogP contribution in [0.25, 0.3) is 0 Å². The molecule has 0 saturated heterocycles. The summed E-state index contributed by atoms with van der Waals surface area (Å²) in [5.41, 5.74) is 2.38. The molecule has 1 N–H and O–H groups in total. The van der Waals surface area contributed by atoms with Crippen molar-refractivity contribution >= 4 is 5.82 Å². The molecule has 3 nitrogen and oxygen atoms in total. The van der Waals surface area contributed by atoms with Crippen molar-refractivity contribution in [1.29, 1.82) is 0 Å². The Balaban J connectivity index is 1.86. The van der Waals surface area contributed by atoms with Crippen LogP contribution < -0.4 is 10.1 Å². The summed E-state index contributed by atoms with van der Waals surface area (Å²) in [5, 5.41) is 3.36. The number of aromatic nitrogens is 1. The quantitative estimate of drug-likeness (QED) is 0.888. The van der Waals surface area contributed by atoms with Crippen molar-refractivity contribution in [3.63, 3.8) is 0 Å². The van der Waals surface area contributed by atoms with Gasteiger partial charge >= 0.3 is 0 Å². The van der Waals surface area contributed by atoms with E-state index >= 15 is 0 Å². The van der Waals surface area contributed by atoms with Crippen molar-refractivity contribution in [2.75, 3.05) is 11.9 Å². The summed E-state index contributed by atoms with van der Waals surface area (Å²) in [5.74, 6) is 1.82. The molecule has 1 heterocycles. The van der Waals surface area contributed by atoms with Crippen molar-refractivity contribution in [2.24, 2.45) is 0 Å². The van der Waals surface area contributed by atoms with Crippen LogP contribution in [0.4, 0.5) is 5.82 Å². The summed E-state index contributed by atoms with van der Waals surface area (Å²) in [7, 11) is 0. The van der Waals surface area contributed by atoms with E-state index in [1.807, 2.05) is 31.2 Å². The SMILES string of the molecule is Cc1ccc(OCC(C)Nc2ncccc2C)cc1. The van der Waals surface area contributed by atoms with Gasteiger partial charge < -0.3 is 10.1 Å². The molecule has 1 aromatic carbocycles. The second-order valence-corrected chi connectivity index (χ2v) is 4.84. The molecule has 0 aliphatic carbocycles. The first-order valence-corrected chi connectivity index (χ1v) is 6.53. The maximum atomic E-state index is 5.74. The molecule has 0 spiro atoms. The fourth-order valence-corrected chi connectivity index (χ4v) is 1.77. The summed E-state index contributed by atoms with van der Waals surface area (Å²) >= 11 is 0. The van der Waals surface area contributed by atoms with Crippen molar-refractivity contribution in [2.45, 2.75) is 26.8 Å². The zero-order chi connectivity index (χ0) is 13.7. The molecule has 0 fully saturated rings. The number of pyridine rings is 1. The fraction of sp³-hybridized carbons (Fsp3) is 0.312. The number of nitrogens with zero attached hydrogens (tertiary/aromatic N) is 1. The van der Waals surface area contributed by atoms with Crippen molar-refractivity contribution < 1.29 is 4.74 Å². The molecule has 2 rings (SSSR count). The fourth-order valence-electron chi connectivity index (χ4n) is 1.77. The van der Waals surface area contributed by atoms with E-state index in [0.29, 0.717) is 6.61 Å². The standard InChI is InChI=1S/C16H20N2O/c1-12-6-8-15(9-7-12)19-11-14(3)18-16-13(2)5-4-10-17-16/h4-10,14H,11H2,1-3H3,(H,17,18). The first-order valence-electron chi connectivity index (χ1n) is 6.53. The lowest BCUT2D eigenvalue weighted by molar-refractivity contribution is 0.303. The maximum Gasteiger partial charge on any atom is 0.129 e. The molecule has 0 saturated carbocycles. The van der Waals surface area contributed by atoms with Gasteiger partial charge in [0.15, 0.2) is 0 Å². The monoisotopic (exact) mass is 256 g/mol. The number of rotatable bonds is 5. The Morgan fingerprint density at radius 1 is 1.16 bits per heavy atom. The Hall–Kier alpha value is -2.03. The number of aryl methyl sites for hydroxylation is 2. The summed E-state index contributed by atoms with van der Waals surface area (Å²) in [6, 6.07) is 12.3. The second-order valence-electron chi connectivity index (χ2n) is 4.84. The number of benzene rings is 1. The Morgan fingerprint density at radius 3 is 2.58 bits per heavy atom. The van der Waals surface area contributed by atoms with E-state index in [4.69, 9.17) is 4.74 Å². The maximum absolute atomic E-state index is 5.74. The number of anilines is 1. The Labute approximate surface area is 114 Å². The van der Waals surface area contributed by atoms with Crippen LogP contribution in [0.5, 0.6) is 5.75 Å². The molecule has 0 amide bonds. The molecule has 1 atom stereocenters. The first kappa shape index (κ1) is 13.4. The van der Waals surface area contributed by atoms with E-state index in [-0.39, 0.29) is 6.04 Å². The van der Waals surface area contributed by atoms with Gasteiger partial charge in [-0.2, -0.15) is 0 Å². The summed E-state index contributed by atoms with van der Waals surface area (Å²) in [4.78, 5) is 4.32. The lowest BCUT2D eigenvalue weighted by Crippen LogP contribution is -2.24. The lowest BCUT2D eigenvalue weighted by atomic mass is 10.2. The van der Waals surface area contributed by atoms with Gasteiger partial charge in [-0.1, -0.05) is 23.8 Å². The van der Waals surface area contributed by atoms with Crippen LogP contribution in [-0.4, -0.2) is 17.6 Å². The van der Waals surface area contributed by atoms with E-state index in [9.17, 15) is 0 Å². The third-order valence-corrected chi connectivity index (χ3v) is 2.91. The molecular weight excluding hydrogens is 236 g/mol. The van der Waals surface area contributed by atoms with Gasteiger partial charge in [-0.15, -0.1) is 0 Å². The highest BCUT2D eigenvalue weighted by atomic mass is 16.5. The minimum atomic E-state index is 0.204. The Morgan fingerprint density at radius 2 is 1.89 bits per heavy atom. The van der Waals surface area contributed by atoms with Gasteiger partial charge in [0.25, 0.3) is 0 Å². The Kier molecular flexibility index (Phi) is 4.39. The molecule has 100 valence electrons. The third-order valence-electron chi connectivity index (χ3n) is 2.91. The lowest BCUT2D eigenvalue weighted by Gasteiger charge is -2.16. The average Bonchev–Trinajstić information content (AvgIpc) is 2.41. The normalized spacial score (nSPS) is 11.9. The molecule has 0 aliphatic rings. The predicted molar refractivity (Wildman–Crippen MR) is 78.7 cm³/mol. The molecule has 3 heteroatoms. The van der Waals surface area contributed by atoms with Gasteiger partial charge in [0, 0.05) is 6.20 Å². The van der Waals surface area contributed by atoms with E-state index < -0.39 is 0 Å². The predicted octanol–water partition coefficient (Wildman–Crippen LogP) is 3.58. The van der Waals surface area contributed by atoms with Crippen molar-refractivity contribution in [3.05, 3.63) is 53.7 Å². The van der Waals surface area contributed by atoms with Crippen LogP contribution >= 0.6 is 0 Å². The molecule has 1 aromatic heterocycles. The minimum Gasteiger partial charge on any atom is -0.491 e. The topological polar surface area (TPSA) is 34.1 Å². The zero-order valence-corrected chi connectivity index (χ0v) is 11.7. The smallest absolute Gasteiger partial charge is 0.129 e. The van der Waals surface area contributed by atoms with Gasteiger partial charge in [-0.3, -0.25) is 0 Å². The molecule has 1 unspecified atom stereocenters. The van der Waals surface area contributed by atoms with Gasteiger partial charge in [-0.25, -0.2) is 4.98 Å². The van der Waals surface area contributed by atoms with Crippen LogP contribution in [0.1, 0.15) is 18.1 Å². The van der Waals surface area contributed by atoms with Crippen LogP contribution in [0.3, 0.4) is 0 Å². The summed E-state index contributed by atoms with van der Waals surface area (Å²) in [6.07, 6.45) is 1.79. The van der Waals surface area contributed by atoms with Gasteiger partial charge in [0.05, 0.1) is 6.04 Å². The second kappa shape index (κ2) is 6.23. The highest BCUT2D eigenvalue weighted by Crippen LogP contribution is 2.13. The van der Waals surface area contributed by atoms with Gasteiger partial charge in [0.1, 0.15) is 18.2 Å². The van der Waals surface area contributed by atoms with E-state index in [0.717, 1.165) is 17.1 Å².